The number of rotatable bonds is 3. The molecule has 0 radical (unpaired) electrons. The minimum atomic E-state index is -0.889. The van der Waals surface area contributed by atoms with E-state index < -0.39 is 18.1 Å². The molecule has 0 bridgehead atoms. The summed E-state index contributed by atoms with van der Waals surface area (Å²) < 4.78 is 5.37. The number of aliphatic carboxylic acids is 1. The van der Waals surface area contributed by atoms with Crippen LogP contribution in [-0.4, -0.2) is 47.2 Å². The van der Waals surface area contributed by atoms with Gasteiger partial charge in [0.05, 0.1) is 0 Å². The summed E-state index contributed by atoms with van der Waals surface area (Å²) in [7, 11) is 0. The maximum Gasteiger partial charge on any atom is 0.326 e. The first kappa shape index (κ1) is 13.3. The molecule has 3 atom stereocenters. The highest BCUT2D eigenvalue weighted by Crippen LogP contribution is 2.27. The van der Waals surface area contributed by atoms with E-state index in [1.54, 1.807) is 0 Å². The molecule has 0 aromatic rings. The van der Waals surface area contributed by atoms with E-state index in [1.165, 1.54) is 4.90 Å². The average molecular weight is 255 g/mol. The molecule has 2 unspecified atom stereocenters. The number of amides is 1. The lowest BCUT2D eigenvalue weighted by atomic mass is 9.88. The van der Waals surface area contributed by atoms with Crippen LogP contribution in [0.1, 0.15) is 39.0 Å². The highest BCUT2D eigenvalue weighted by Gasteiger charge is 2.39. The Kier molecular flexibility index (Phi) is 4.22. The van der Waals surface area contributed by atoms with E-state index in [0.29, 0.717) is 25.5 Å². The Bertz CT molecular complexity index is 325. The highest BCUT2D eigenvalue weighted by atomic mass is 16.5. The van der Waals surface area contributed by atoms with Crippen LogP contribution in [0, 0.1) is 5.92 Å². The van der Waals surface area contributed by atoms with Gasteiger partial charge in [-0.15, -0.1) is 0 Å². The van der Waals surface area contributed by atoms with Crippen molar-refractivity contribution >= 4 is 11.9 Å². The minimum absolute atomic E-state index is 0.130. The lowest BCUT2D eigenvalue weighted by Gasteiger charge is -2.38. The smallest absolute Gasteiger partial charge is 0.326 e. The Morgan fingerprint density at radius 1 is 1.39 bits per heavy atom. The van der Waals surface area contributed by atoms with Gasteiger partial charge in [0.15, 0.2) is 0 Å². The standard InChI is InChI=1S/C13H21NO4/c1-2-9-5-6-14(10(8-9)13(16)17)12(15)11-4-3-7-18-11/h9-11H,2-8H2,1H3,(H,16,17)/t9?,10?,11-/m1/s1. The Balaban J connectivity index is 2.05. The lowest BCUT2D eigenvalue weighted by molar-refractivity contribution is -0.157. The lowest BCUT2D eigenvalue weighted by Crippen LogP contribution is -2.53. The highest BCUT2D eigenvalue weighted by molar-refractivity contribution is 5.86. The van der Waals surface area contributed by atoms with Crippen LogP contribution in [0.25, 0.3) is 0 Å². The Morgan fingerprint density at radius 3 is 2.72 bits per heavy atom. The maximum atomic E-state index is 12.2. The van der Waals surface area contributed by atoms with Gasteiger partial charge >= 0.3 is 5.97 Å². The van der Waals surface area contributed by atoms with Gasteiger partial charge in [-0.2, -0.15) is 0 Å². The fourth-order valence-electron chi connectivity index (χ4n) is 2.86. The number of carbonyl (C=O) groups excluding carboxylic acids is 1. The summed E-state index contributed by atoms with van der Waals surface area (Å²) in [6.45, 7) is 3.23. The molecular weight excluding hydrogens is 234 g/mol. The Labute approximate surface area is 107 Å². The van der Waals surface area contributed by atoms with Gasteiger partial charge in [0.25, 0.3) is 5.91 Å². The molecule has 0 aromatic heterocycles. The summed E-state index contributed by atoms with van der Waals surface area (Å²) in [6.07, 6.45) is 3.65. The number of hydrogen-bond acceptors (Lipinski definition) is 3. The molecule has 2 aliphatic rings. The van der Waals surface area contributed by atoms with E-state index in [9.17, 15) is 14.7 Å². The normalized spacial score (nSPS) is 32.5. The van der Waals surface area contributed by atoms with E-state index in [1.807, 2.05) is 0 Å². The molecule has 2 heterocycles. The summed E-state index contributed by atoms with van der Waals surface area (Å²) in [6, 6.07) is -0.666. The maximum absolute atomic E-state index is 12.2. The van der Waals surface area contributed by atoms with Crippen molar-refractivity contribution in [3.8, 4) is 0 Å². The monoisotopic (exact) mass is 255 g/mol. The van der Waals surface area contributed by atoms with Crippen LogP contribution < -0.4 is 0 Å². The summed E-state index contributed by atoms with van der Waals surface area (Å²) in [4.78, 5) is 25.1. The van der Waals surface area contributed by atoms with Crippen molar-refractivity contribution in [1.29, 1.82) is 0 Å². The Hall–Kier alpha value is -1.10. The van der Waals surface area contributed by atoms with Crippen molar-refractivity contribution in [3.63, 3.8) is 0 Å². The number of carboxylic acid groups (broad SMARTS) is 1. The van der Waals surface area contributed by atoms with Gasteiger partial charge in [0.1, 0.15) is 12.1 Å². The van der Waals surface area contributed by atoms with Crippen molar-refractivity contribution in [2.75, 3.05) is 13.2 Å². The van der Waals surface area contributed by atoms with Gasteiger partial charge in [0, 0.05) is 13.2 Å². The number of likely N-dealkylation sites (tertiary alicyclic amines) is 1. The molecule has 0 aliphatic carbocycles. The third kappa shape index (κ3) is 2.66. The zero-order valence-corrected chi connectivity index (χ0v) is 10.8. The van der Waals surface area contributed by atoms with Gasteiger partial charge in [-0.1, -0.05) is 13.3 Å². The molecular formula is C13H21NO4. The van der Waals surface area contributed by atoms with Crippen molar-refractivity contribution < 1.29 is 19.4 Å². The van der Waals surface area contributed by atoms with E-state index in [0.717, 1.165) is 25.7 Å². The fraction of sp³-hybridized carbons (Fsp3) is 0.846. The first-order valence-electron chi connectivity index (χ1n) is 6.78. The quantitative estimate of drug-likeness (QED) is 0.824. The molecule has 18 heavy (non-hydrogen) atoms. The predicted octanol–water partition coefficient (Wildman–Crippen LogP) is 1.27. The minimum Gasteiger partial charge on any atom is -0.480 e. The van der Waals surface area contributed by atoms with Crippen molar-refractivity contribution in [1.82, 2.24) is 4.90 Å². The molecule has 0 spiro atoms. The van der Waals surface area contributed by atoms with Gasteiger partial charge in [-0.3, -0.25) is 4.79 Å². The summed E-state index contributed by atoms with van der Waals surface area (Å²) in [5.41, 5.74) is 0. The van der Waals surface area contributed by atoms with E-state index in [4.69, 9.17) is 4.74 Å². The van der Waals surface area contributed by atoms with E-state index >= 15 is 0 Å². The van der Waals surface area contributed by atoms with Crippen LogP contribution in [0.15, 0.2) is 0 Å². The van der Waals surface area contributed by atoms with Crippen LogP contribution >= 0.6 is 0 Å². The SMILES string of the molecule is CCC1CCN(C(=O)[C@H]2CCCO2)C(C(=O)O)C1. The van der Waals surface area contributed by atoms with Crippen LogP contribution in [-0.2, 0) is 14.3 Å². The zero-order valence-electron chi connectivity index (χ0n) is 10.8. The van der Waals surface area contributed by atoms with Crippen molar-refractivity contribution in [3.05, 3.63) is 0 Å². The molecule has 1 N–H and O–H groups in total. The molecule has 0 aromatic carbocycles. The molecule has 2 rings (SSSR count). The summed E-state index contributed by atoms with van der Waals surface area (Å²) in [5.74, 6) is -0.603. The van der Waals surface area contributed by atoms with E-state index in [2.05, 4.69) is 6.92 Å². The summed E-state index contributed by atoms with van der Waals surface area (Å²) in [5, 5.41) is 9.28. The number of carboxylic acids is 1. The predicted molar refractivity (Wildman–Crippen MR) is 65.1 cm³/mol. The molecule has 5 nitrogen and oxygen atoms in total. The third-order valence-electron chi connectivity index (χ3n) is 4.06. The summed E-state index contributed by atoms with van der Waals surface area (Å²) >= 11 is 0. The number of piperidine rings is 1. The number of carbonyl (C=O) groups is 2. The van der Waals surface area contributed by atoms with Gasteiger partial charge in [-0.25, -0.2) is 4.79 Å². The molecule has 2 aliphatic heterocycles. The molecule has 1 amide bonds. The second kappa shape index (κ2) is 5.69. The van der Waals surface area contributed by atoms with Gasteiger partial charge in [-0.05, 0) is 31.6 Å². The van der Waals surface area contributed by atoms with Crippen molar-refractivity contribution in [2.24, 2.45) is 5.92 Å². The first-order valence-corrected chi connectivity index (χ1v) is 6.78. The molecule has 0 saturated carbocycles. The molecule has 102 valence electrons. The van der Waals surface area contributed by atoms with Crippen LogP contribution in [0.4, 0.5) is 0 Å². The average Bonchev–Trinajstić information content (AvgIpc) is 2.91. The Morgan fingerprint density at radius 2 is 2.17 bits per heavy atom. The zero-order chi connectivity index (χ0) is 13.1. The van der Waals surface area contributed by atoms with Crippen molar-refractivity contribution in [2.45, 2.75) is 51.2 Å². The third-order valence-corrected chi connectivity index (χ3v) is 4.06. The topological polar surface area (TPSA) is 66.8 Å². The number of ether oxygens (including phenoxy) is 1. The number of nitrogens with zero attached hydrogens (tertiary/aromatic N) is 1. The largest absolute Gasteiger partial charge is 0.480 e. The molecule has 2 fully saturated rings. The second-order valence-corrected chi connectivity index (χ2v) is 5.19. The second-order valence-electron chi connectivity index (χ2n) is 5.19. The van der Waals surface area contributed by atoms with Crippen LogP contribution in [0.2, 0.25) is 0 Å². The van der Waals surface area contributed by atoms with Crippen LogP contribution in [0.5, 0.6) is 0 Å². The first-order chi connectivity index (χ1) is 8.63. The van der Waals surface area contributed by atoms with E-state index in [-0.39, 0.29) is 5.91 Å². The number of hydrogen-bond donors (Lipinski definition) is 1. The van der Waals surface area contributed by atoms with Gasteiger partial charge < -0.3 is 14.7 Å². The molecule has 5 heteroatoms. The fourth-order valence-corrected chi connectivity index (χ4v) is 2.86. The van der Waals surface area contributed by atoms with Gasteiger partial charge in [0.2, 0.25) is 0 Å². The van der Waals surface area contributed by atoms with Crippen LogP contribution in [0.3, 0.4) is 0 Å². The molecule has 2 saturated heterocycles.